The molecule has 7 heteroatoms. The quantitative estimate of drug-likeness (QED) is 0.575. The van der Waals surface area contributed by atoms with E-state index in [1.165, 1.54) is 4.80 Å². The van der Waals surface area contributed by atoms with Gasteiger partial charge in [-0.1, -0.05) is 48.0 Å². The Hall–Kier alpha value is -3.35. The largest absolute Gasteiger partial charge is 0.419 e. The monoisotopic (exact) mass is 318 g/mol. The van der Waals surface area contributed by atoms with Crippen LogP contribution in [0.1, 0.15) is 11.5 Å². The first kappa shape index (κ1) is 14.3. The van der Waals surface area contributed by atoms with E-state index in [-0.39, 0.29) is 6.54 Å². The molecule has 2 aromatic carbocycles. The Morgan fingerprint density at radius 3 is 2.58 bits per heavy atom. The molecule has 4 rings (SSSR count). The molecule has 0 fully saturated rings. The van der Waals surface area contributed by atoms with Crippen LogP contribution in [0.15, 0.2) is 59.0 Å². The van der Waals surface area contributed by atoms with E-state index < -0.39 is 0 Å². The van der Waals surface area contributed by atoms with E-state index in [9.17, 15) is 0 Å². The van der Waals surface area contributed by atoms with Gasteiger partial charge in [-0.3, -0.25) is 0 Å². The van der Waals surface area contributed by atoms with Gasteiger partial charge in [0.25, 0.3) is 0 Å². The zero-order valence-corrected chi connectivity index (χ0v) is 13.0. The van der Waals surface area contributed by atoms with E-state index in [1.54, 1.807) is 0 Å². The van der Waals surface area contributed by atoms with Crippen LogP contribution in [0.25, 0.3) is 22.8 Å². The minimum atomic E-state index is 0.276. The third-order valence-electron chi connectivity index (χ3n) is 3.49. The highest BCUT2D eigenvalue weighted by Crippen LogP contribution is 2.19. The second kappa shape index (κ2) is 6.04. The molecule has 0 unspecified atom stereocenters. The number of tetrazole rings is 1. The van der Waals surface area contributed by atoms with Gasteiger partial charge in [0.05, 0.1) is 0 Å². The van der Waals surface area contributed by atoms with Crippen LogP contribution in [0.3, 0.4) is 0 Å². The van der Waals surface area contributed by atoms with Gasteiger partial charge >= 0.3 is 0 Å². The first-order valence-corrected chi connectivity index (χ1v) is 7.50. The summed E-state index contributed by atoms with van der Waals surface area (Å²) in [6.45, 7) is 2.30. The number of hydrogen-bond acceptors (Lipinski definition) is 6. The maximum atomic E-state index is 5.69. The molecule has 0 bridgehead atoms. The SMILES string of the molecule is Cc1cccc(-c2nnc(Cn3nnc(-c4ccccc4)n3)o2)c1. The predicted octanol–water partition coefficient (Wildman–Crippen LogP) is 2.75. The molecule has 0 N–H and O–H groups in total. The van der Waals surface area contributed by atoms with Crippen LogP contribution in [0.2, 0.25) is 0 Å². The van der Waals surface area contributed by atoms with Crippen molar-refractivity contribution in [2.75, 3.05) is 0 Å². The summed E-state index contributed by atoms with van der Waals surface area (Å²) in [7, 11) is 0. The van der Waals surface area contributed by atoms with E-state index >= 15 is 0 Å². The minimum absolute atomic E-state index is 0.276. The lowest BCUT2D eigenvalue weighted by molar-refractivity contribution is 0.446. The number of benzene rings is 2. The molecule has 0 atom stereocenters. The van der Waals surface area contributed by atoms with Crippen LogP contribution in [0.5, 0.6) is 0 Å². The molecule has 4 aromatic rings. The maximum Gasteiger partial charge on any atom is 0.247 e. The van der Waals surface area contributed by atoms with Gasteiger partial charge in [0, 0.05) is 11.1 Å². The van der Waals surface area contributed by atoms with Crippen LogP contribution < -0.4 is 0 Å². The molecule has 0 radical (unpaired) electrons. The van der Waals surface area contributed by atoms with Crippen molar-refractivity contribution in [1.29, 1.82) is 0 Å². The fraction of sp³-hybridized carbons (Fsp3) is 0.118. The van der Waals surface area contributed by atoms with Gasteiger partial charge in [0.1, 0.15) is 6.54 Å². The Labute approximate surface area is 138 Å². The highest BCUT2D eigenvalue weighted by Gasteiger charge is 2.11. The van der Waals surface area contributed by atoms with Crippen LogP contribution in [-0.4, -0.2) is 30.4 Å². The van der Waals surface area contributed by atoms with Gasteiger partial charge in [0.2, 0.25) is 17.6 Å². The van der Waals surface area contributed by atoms with E-state index in [0.29, 0.717) is 17.6 Å². The van der Waals surface area contributed by atoms with E-state index in [0.717, 1.165) is 16.7 Å². The summed E-state index contributed by atoms with van der Waals surface area (Å²) in [6.07, 6.45) is 0. The van der Waals surface area contributed by atoms with Crippen molar-refractivity contribution in [1.82, 2.24) is 30.4 Å². The smallest absolute Gasteiger partial charge is 0.247 e. The zero-order chi connectivity index (χ0) is 16.4. The molecule has 2 aromatic heterocycles. The Bertz CT molecular complexity index is 960. The number of rotatable bonds is 4. The van der Waals surface area contributed by atoms with Crippen molar-refractivity contribution in [3.63, 3.8) is 0 Å². The summed E-state index contributed by atoms with van der Waals surface area (Å²) in [5.74, 6) is 1.48. The van der Waals surface area contributed by atoms with Crippen LogP contribution in [0.4, 0.5) is 0 Å². The van der Waals surface area contributed by atoms with Crippen LogP contribution >= 0.6 is 0 Å². The average molecular weight is 318 g/mol. The van der Waals surface area contributed by atoms with Crippen molar-refractivity contribution in [2.24, 2.45) is 0 Å². The van der Waals surface area contributed by atoms with Gasteiger partial charge in [-0.25, -0.2) is 0 Å². The third-order valence-corrected chi connectivity index (χ3v) is 3.49. The normalized spacial score (nSPS) is 10.9. The highest BCUT2D eigenvalue weighted by molar-refractivity contribution is 5.54. The lowest BCUT2D eigenvalue weighted by Gasteiger charge is -1.96. The Kier molecular flexibility index (Phi) is 3.59. The second-order valence-corrected chi connectivity index (χ2v) is 5.38. The molecule has 118 valence electrons. The van der Waals surface area contributed by atoms with Crippen molar-refractivity contribution in [3.05, 3.63) is 66.1 Å². The van der Waals surface area contributed by atoms with Gasteiger partial charge < -0.3 is 4.42 Å². The van der Waals surface area contributed by atoms with Crippen LogP contribution in [-0.2, 0) is 6.54 Å². The molecular formula is C17H14N6O. The second-order valence-electron chi connectivity index (χ2n) is 5.38. The van der Waals surface area contributed by atoms with Crippen molar-refractivity contribution < 1.29 is 4.42 Å². The Balaban J connectivity index is 1.54. The van der Waals surface area contributed by atoms with Crippen LogP contribution in [0, 0.1) is 6.92 Å². The standard InChI is InChI=1S/C17H14N6O/c1-12-6-5-9-14(10-12)17-20-18-15(24-17)11-23-21-16(19-22-23)13-7-3-2-4-8-13/h2-10H,11H2,1H3. The number of aryl methyl sites for hydroxylation is 1. The Morgan fingerprint density at radius 2 is 1.75 bits per heavy atom. The molecule has 24 heavy (non-hydrogen) atoms. The lowest BCUT2D eigenvalue weighted by Crippen LogP contribution is -2.04. The van der Waals surface area contributed by atoms with Gasteiger partial charge in [-0.2, -0.15) is 4.80 Å². The number of hydrogen-bond donors (Lipinski definition) is 0. The maximum absolute atomic E-state index is 5.69. The third kappa shape index (κ3) is 2.91. The Morgan fingerprint density at radius 1 is 0.917 bits per heavy atom. The molecule has 0 saturated carbocycles. The van der Waals surface area contributed by atoms with Crippen molar-refractivity contribution in [3.8, 4) is 22.8 Å². The van der Waals surface area contributed by atoms with E-state index in [2.05, 4.69) is 25.6 Å². The lowest BCUT2D eigenvalue weighted by atomic mass is 10.1. The van der Waals surface area contributed by atoms with Gasteiger partial charge in [-0.15, -0.1) is 20.4 Å². The molecular weight excluding hydrogens is 304 g/mol. The summed E-state index contributed by atoms with van der Waals surface area (Å²) < 4.78 is 5.69. The fourth-order valence-electron chi connectivity index (χ4n) is 2.35. The zero-order valence-electron chi connectivity index (χ0n) is 13.0. The summed E-state index contributed by atoms with van der Waals surface area (Å²) in [5.41, 5.74) is 2.94. The molecule has 2 heterocycles. The molecule has 0 aliphatic rings. The number of aromatic nitrogens is 6. The molecule has 0 saturated heterocycles. The summed E-state index contributed by atoms with van der Waals surface area (Å²) in [6, 6.07) is 17.6. The number of nitrogens with zero attached hydrogens (tertiary/aromatic N) is 6. The summed E-state index contributed by atoms with van der Waals surface area (Å²) in [4.78, 5) is 1.44. The van der Waals surface area contributed by atoms with E-state index in [4.69, 9.17) is 4.42 Å². The van der Waals surface area contributed by atoms with Gasteiger partial charge in [0.15, 0.2) is 0 Å². The van der Waals surface area contributed by atoms with Crippen molar-refractivity contribution >= 4 is 0 Å². The topological polar surface area (TPSA) is 82.5 Å². The molecule has 0 aliphatic heterocycles. The molecule has 0 aliphatic carbocycles. The highest BCUT2D eigenvalue weighted by atomic mass is 16.4. The van der Waals surface area contributed by atoms with Gasteiger partial charge in [-0.05, 0) is 24.3 Å². The summed E-state index contributed by atoms with van der Waals surface area (Å²) >= 11 is 0. The summed E-state index contributed by atoms with van der Waals surface area (Å²) in [5, 5.41) is 20.6. The molecule has 7 nitrogen and oxygen atoms in total. The minimum Gasteiger partial charge on any atom is -0.419 e. The predicted molar refractivity (Wildman–Crippen MR) is 86.8 cm³/mol. The van der Waals surface area contributed by atoms with E-state index in [1.807, 2.05) is 61.5 Å². The fourth-order valence-corrected chi connectivity index (χ4v) is 2.35. The molecule has 0 amide bonds. The average Bonchev–Trinajstić information content (AvgIpc) is 3.26. The first-order valence-electron chi connectivity index (χ1n) is 7.50. The van der Waals surface area contributed by atoms with Crippen molar-refractivity contribution in [2.45, 2.75) is 13.5 Å². The first-order chi connectivity index (χ1) is 11.8. The molecule has 0 spiro atoms.